The van der Waals surface area contributed by atoms with Crippen LogP contribution >= 0.6 is 0 Å². The fraction of sp³-hybridized carbons (Fsp3) is 0.600. The summed E-state index contributed by atoms with van der Waals surface area (Å²) in [5.74, 6) is -1.01. The van der Waals surface area contributed by atoms with Crippen molar-refractivity contribution >= 4 is 22.9 Å². The minimum Gasteiger partial charge on any atom is -0.481 e. The highest BCUT2D eigenvalue weighted by Gasteiger charge is 2.35. The van der Waals surface area contributed by atoms with Crippen molar-refractivity contribution in [3.05, 3.63) is 23.0 Å². The molecule has 1 saturated heterocycles. The van der Waals surface area contributed by atoms with Gasteiger partial charge in [0.2, 0.25) is 0 Å². The van der Waals surface area contributed by atoms with Gasteiger partial charge in [-0.3, -0.25) is 9.59 Å². The third-order valence-electron chi connectivity index (χ3n) is 5.52. The molecule has 1 N–H and O–H groups in total. The van der Waals surface area contributed by atoms with Crippen LogP contribution in [0.4, 0.5) is 0 Å². The number of hydrogen-bond acceptors (Lipinski definition) is 4. The summed E-state index contributed by atoms with van der Waals surface area (Å²) in [6.07, 6.45) is 2.70. The highest BCUT2D eigenvalue weighted by atomic mass is 16.4. The van der Waals surface area contributed by atoms with Crippen LogP contribution in [0.1, 0.15) is 67.7 Å². The van der Waals surface area contributed by atoms with Gasteiger partial charge in [-0.2, -0.15) is 5.10 Å². The van der Waals surface area contributed by atoms with Gasteiger partial charge in [-0.15, -0.1) is 0 Å². The van der Waals surface area contributed by atoms with Crippen molar-refractivity contribution in [2.45, 2.75) is 58.4 Å². The number of amides is 1. The molecule has 2 aliphatic rings. The van der Waals surface area contributed by atoms with Gasteiger partial charge >= 0.3 is 5.97 Å². The molecule has 2 fully saturated rings. The molecule has 2 aromatic rings. The lowest BCUT2D eigenvalue weighted by Crippen LogP contribution is -2.30. The van der Waals surface area contributed by atoms with E-state index >= 15 is 0 Å². The first-order valence-electron chi connectivity index (χ1n) is 9.59. The van der Waals surface area contributed by atoms with Crippen LogP contribution in [0.3, 0.4) is 0 Å². The van der Waals surface area contributed by atoms with Crippen molar-refractivity contribution in [3.8, 4) is 0 Å². The number of rotatable bonds is 3. The molecule has 144 valence electrons. The Labute approximate surface area is 158 Å². The molecule has 2 aromatic heterocycles. The number of likely N-dealkylation sites (tertiary alicyclic amines) is 1. The van der Waals surface area contributed by atoms with Crippen LogP contribution < -0.4 is 0 Å². The second-order valence-electron chi connectivity index (χ2n) is 8.81. The van der Waals surface area contributed by atoms with Crippen LogP contribution in [0.5, 0.6) is 0 Å². The largest absolute Gasteiger partial charge is 0.481 e. The summed E-state index contributed by atoms with van der Waals surface area (Å²) in [5.41, 5.74) is 2.85. The first-order chi connectivity index (χ1) is 12.7. The van der Waals surface area contributed by atoms with Crippen LogP contribution in [0, 0.1) is 12.8 Å². The molecule has 1 unspecified atom stereocenters. The zero-order valence-electron chi connectivity index (χ0n) is 16.3. The number of pyridine rings is 1. The third kappa shape index (κ3) is 3.09. The van der Waals surface area contributed by atoms with Gasteiger partial charge in [0.25, 0.3) is 5.91 Å². The highest BCUT2D eigenvalue weighted by molar-refractivity contribution is 6.07. The van der Waals surface area contributed by atoms with Gasteiger partial charge in [0.15, 0.2) is 5.65 Å². The summed E-state index contributed by atoms with van der Waals surface area (Å²) < 4.78 is 1.91. The molecule has 4 rings (SSSR count). The average molecular weight is 370 g/mol. The molecule has 0 aromatic carbocycles. The van der Waals surface area contributed by atoms with Crippen molar-refractivity contribution in [1.82, 2.24) is 19.7 Å². The zero-order valence-corrected chi connectivity index (χ0v) is 16.3. The van der Waals surface area contributed by atoms with E-state index in [0.29, 0.717) is 24.4 Å². The number of aromatic nitrogens is 3. The molecular formula is C20H26N4O3. The number of nitrogens with zero attached hydrogens (tertiary/aromatic N) is 4. The maximum absolute atomic E-state index is 13.3. The van der Waals surface area contributed by atoms with Crippen LogP contribution in [-0.2, 0) is 10.3 Å². The van der Waals surface area contributed by atoms with E-state index in [9.17, 15) is 14.7 Å². The Morgan fingerprint density at radius 1 is 1.22 bits per heavy atom. The van der Waals surface area contributed by atoms with Crippen LogP contribution in [0.25, 0.3) is 11.0 Å². The molecule has 0 bridgehead atoms. The average Bonchev–Trinajstić information content (AvgIpc) is 3.21. The normalized spacial score (nSPS) is 20.4. The summed E-state index contributed by atoms with van der Waals surface area (Å²) in [6, 6.07) is 1.91. The number of aliphatic carboxylic acids is 1. The van der Waals surface area contributed by atoms with Crippen molar-refractivity contribution in [1.29, 1.82) is 0 Å². The van der Waals surface area contributed by atoms with Gasteiger partial charge < -0.3 is 10.0 Å². The van der Waals surface area contributed by atoms with Crippen LogP contribution in [-0.4, -0.2) is 49.7 Å². The minimum atomic E-state index is -0.833. The summed E-state index contributed by atoms with van der Waals surface area (Å²) in [4.78, 5) is 31.1. The van der Waals surface area contributed by atoms with E-state index in [1.807, 2.05) is 17.7 Å². The molecule has 1 saturated carbocycles. The monoisotopic (exact) mass is 370 g/mol. The first kappa shape index (κ1) is 17.9. The molecule has 1 aliphatic carbocycles. The number of carboxylic acids is 1. The second-order valence-corrected chi connectivity index (χ2v) is 8.81. The summed E-state index contributed by atoms with van der Waals surface area (Å²) in [5, 5.41) is 14.7. The number of carbonyl (C=O) groups is 2. The molecule has 0 spiro atoms. The van der Waals surface area contributed by atoms with Gasteiger partial charge in [0, 0.05) is 24.7 Å². The number of hydrogen-bond donors (Lipinski definition) is 1. The molecule has 3 heterocycles. The highest BCUT2D eigenvalue weighted by Crippen LogP contribution is 2.41. The van der Waals surface area contributed by atoms with E-state index in [-0.39, 0.29) is 18.0 Å². The van der Waals surface area contributed by atoms with E-state index < -0.39 is 11.9 Å². The topological polar surface area (TPSA) is 88.3 Å². The molecule has 0 radical (unpaired) electrons. The maximum atomic E-state index is 13.3. The Morgan fingerprint density at radius 2 is 1.93 bits per heavy atom. The van der Waals surface area contributed by atoms with E-state index in [4.69, 9.17) is 4.98 Å². The summed E-state index contributed by atoms with van der Waals surface area (Å²) in [7, 11) is 0. The predicted octanol–water partition coefficient (Wildman–Crippen LogP) is 2.92. The van der Waals surface area contributed by atoms with Crippen molar-refractivity contribution in [2.75, 3.05) is 13.1 Å². The Morgan fingerprint density at radius 3 is 2.48 bits per heavy atom. The molecule has 1 atom stereocenters. The smallest absolute Gasteiger partial charge is 0.308 e. The lowest BCUT2D eigenvalue weighted by atomic mass is 10.1. The lowest BCUT2D eigenvalue weighted by molar-refractivity contribution is -0.141. The van der Waals surface area contributed by atoms with E-state index in [2.05, 4.69) is 25.9 Å². The van der Waals surface area contributed by atoms with Gasteiger partial charge in [0.05, 0.1) is 28.1 Å². The van der Waals surface area contributed by atoms with Crippen LogP contribution in [0.15, 0.2) is 6.07 Å². The Balaban J connectivity index is 1.83. The Kier molecular flexibility index (Phi) is 4.01. The lowest BCUT2D eigenvalue weighted by Gasteiger charge is -2.21. The third-order valence-corrected chi connectivity index (χ3v) is 5.52. The SMILES string of the molecule is Cc1nn(C(C)(C)C)c2nc(C3CC3)cc(C(=O)N3CCC(C(=O)O)C3)c12. The number of carbonyl (C=O) groups excluding carboxylic acids is 1. The molecule has 1 amide bonds. The molecular weight excluding hydrogens is 344 g/mol. The number of carboxylic acid groups (broad SMARTS) is 1. The van der Waals surface area contributed by atoms with Gasteiger partial charge in [-0.25, -0.2) is 9.67 Å². The first-order valence-corrected chi connectivity index (χ1v) is 9.59. The minimum absolute atomic E-state index is 0.107. The van der Waals surface area contributed by atoms with Gasteiger partial charge in [-0.05, 0) is 53.0 Å². The Hall–Kier alpha value is -2.44. The fourth-order valence-corrected chi connectivity index (χ4v) is 3.85. The van der Waals surface area contributed by atoms with Gasteiger partial charge in [-0.1, -0.05) is 0 Å². The molecule has 27 heavy (non-hydrogen) atoms. The van der Waals surface area contributed by atoms with Gasteiger partial charge in [0.1, 0.15) is 0 Å². The van der Waals surface area contributed by atoms with Crippen LogP contribution in [0.2, 0.25) is 0 Å². The van der Waals surface area contributed by atoms with E-state index in [1.165, 1.54) is 0 Å². The molecule has 1 aliphatic heterocycles. The maximum Gasteiger partial charge on any atom is 0.308 e. The van der Waals surface area contributed by atoms with E-state index in [1.54, 1.807) is 4.90 Å². The quantitative estimate of drug-likeness (QED) is 0.897. The van der Waals surface area contributed by atoms with Crippen molar-refractivity contribution in [2.24, 2.45) is 5.92 Å². The number of fused-ring (bicyclic) bond motifs is 1. The number of aryl methyl sites for hydroxylation is 1. The standard InChI is InChI=1S/C20H26N4O3/c1-11-16-14(18(25)23-8-7-13(10-23)19(26)27)9-15(12-5-6-12)21-17(16)24(22-11)20(2,3)4/h9,12-13H,5-8,10H2,1-4H3,(H,26,27). The Bertz CT molecular complexity index is 937. The summed E-state index contributed by atoms with van der Waals surface area (Å²) in [6.45, 7) is 8.87. The van der Waals surface area contributed by atoms with Crippen molar-refractivity contribution < 1.29 is 14.7 Å². The second kappa shape index (κ2) is 6.04. The van der Waals surface area contributed by atoms with E-state index in [0.717, 1.165) is 35.3 Å². The fourth-order valence-electron chi connectivity index (χ4n) is 3.85. The predicted molar refractivity (Wildman–Crippen MR) is 101 cm³/mol. The van der Waals surface area contributed by atoms with Crippen molar-refractivity contribution in [3.63, 3.8) is 0 Å². The summed E-state index contributed by atoms with van der Waals surface area (Å²) >= 11 is 0. The molecule has 7 heteroatoms. The zero-order chi connectivity index (χ0) is 19.5. The molecule has 7 nitrogen and oxygen atoms in total.